The molecule has 0 saturated heterocycles. The summed E-state index contributed by atoms with van der Waals surface area (Å²) in [6, 6.07) is 16.6. The Bertz CT molecular complexity index is 1350. The molecule has 0 bridgehead atoms. The van der Waals surface area contributed by atoms with E-state index in [1.807, 2.05) is 0 Å². The average molecular weight is 482 g/mol. The highest BCUT2D eigenvalue weighted by Gasteiger charge is 2.16. The summed E-state index contributed by atoms with van der Waals surface area (Å²) in [7, 11) is -4.09. The molecule has 0 unspecified atom stereocenters. The Balaban J connectivity index is 1.60. The first-order valence-electron chi connectivity index (χ1n) is 9.64. The van der Waals surface area contributed by atoms with Gasteiger partial charge in [-0.05, 0) is 60.2 Å². The molecular formula is C22H18N4O7S. The van der Waals surface area contributed by atoms with Gasteiger partial charge < -0.3 is 9.50 Å². The first-order chi connectivity index (χ1) is 16.1. The van der Waals surface area contributed by atoms with E-state index in [4.69, 9.17) is 4.18 Å². The van der Waals surface area contributed by atoms with Crippen LogP contribution >= 0.6 is 0 Å². The van der Waals surface area contributed by atoms with Crippen LogP contribution < -0.4 is 14.9 Å². The summed E-state index contributed by atoms with van der Waals surface area (Å²) in [4.78, 5) is 33.2. The van der Waals surface area contributed by atoms with Crippen molar-refractivity contribution < 1.29 is 27.1 Å². The number of anilines is 1. The third-order valence-electron chi connectivity index (χ3n) is 4.25. The Kier molecular flexibility index (Phi) is 7.33. The maximum Gasteiger partial charge on any atom is 0.339 e. The molecule has 2 amide bonds. The van der Waals surface area contributed by atoms with Gasteiger partial charge >= 0.3 is 10.1 Å². The summed E-state index contributed by atoms with van der Waals surface area (Å²) in [5, 5.41) is 17.1. The van der Waals surface area contributed by atoms with Gasteiger partial charge in [0.1, 0.15) is 10.6 Å². The highest BCUT2D eigenvalue weighted by atomic mass is 32.2. The SMILES string of the molecule is CC(=O)Nc1ccc(S(=O)(=O)Oc2ccc(/C=N\NC(=O)c3cccc([N+](=O)[O-])c3)cc2)cc1. The predicted molar refractivity (Wildman–Crippen MR) is 123 cm³/mol. The molecule has 0 spiro atoms. The van der Waals surface area contributed by atoms with E-state index in [1.165, 1.54) is 79.9 Å². The normalized spacial score (nSPS) is 11.1. The molecule has 174 valence electrons. The number of nitrogens with zero attached hydrogens (tertiary/aromatic N) is 2. The van der Waals surface area contributed by atoms with Crippen LogP contribution in [0.15, 0.2) is 82.8 Å². The second-order valence-electron chi connectivity index (χ2n) is 6.82. The van der Waals surface area contributed by atoms with Crippen molar-refractivity contribution in [2.24, 2.45) is 5.10 Å². The molecule has 2 N–H and O–H groups in total. The zero-order chi connectivity index (χ0) is 24.7. The van der Waals surface area contributed by atoms with E-state index in [0.717, 1.165) is 6.07 Å². The maximum absolute atomic E-state index is 12.4. The summed E-state index contributed by atoms with van der Waals surface area (Å²) in [5.41, 5.74) is 3.10. The van der Waals surface area contributed by atoms with Crippen molar-refractivity contribution in [3.8, 4) is 5.75 Å². The van der Waals surface area contributed by atoms with Crippen molar-refractivity contribution >= 4 is 39.5 Å². The minimum atomic E-state index is -4.09. The number of carbonyl (C=O) groups is 2. The molecule has 0 aliphatic rings. The number of carbonyl (C=O) groups excluding carboxylic acids is 2. The number of nitrogens with one attached hydrogen (secondary N) is 2. The standard InChI is InChI=1S/C22H18N4O7S/c1-15(27)24-18-7-11-21(12-8-18)34(31,32)33-20-9-5-16(6-10-20)14-23-25-22(28)17-3-2-4-19(13-17)26(29)30/h2-14H,1H3,(H,24,27)(H,25,28)/b23-14-. The van der Waals surface area contributed by atoms with E-state index in [1.54, 1.807) is 0 Å². The molecule has 0 saturated carbocycles. The van der Waals surface area contributed by atoms with Gasteiger partial charge in [-0.25, -0.2) is 5.43 Å². The molecule has 0 aromatic heterocycles. The number of benzene rings is 3. The van der Waals surface area contributed by atoms with Crippen LogP contribution in [0, 0.1) is 10.1 Å². The van der Waals surface area contributed by atoms with E-state index in [0.29, 0.717) is 11.3 Å². The highest BCUT2D eigenvalue weighted by molar-refractivity contribution is 7.87. The zero-order valence-electron chi connectivity index (χ0n) is 17.7. The Morgan fingerprint density at radius 2 is 1.71 bits per heavy atom. The van der Waals surface area contributed by atoms with Crippen molar-refractivity contribution in [2.75, 3.05) is 5.32 Å². The number of nitro benzene ring substituents is 1. The summed E-state index contributed by atoms with van der Waals surface area (Å²) in [6.07, 6.45) is 1.31. The number of non-ortho nitro benzene ring substituents is 1. The monoisotopic (exact) mass is 482 g/mol. The first kappa shape index (κ1) is 24.1. The fourth-order valence-electron chi connectivity index (χ4n) is 2.68. The largest absolute Gasteiger partial charge is 0.379 e. The summed E-state index contributed by atoms with van der Waals surface area (Å²) >= 11 is 0. The van der Waals surface area contributed by atoms with Gasteiger partial charge in [-0.15, -0.1) is 0 Å². The van der Waals surface area contributed by atoms with Crippen molar-refractivity contribution in [1.29, 1.82) is 0 Å². The second kappa shape index (κ2) is 10.4. The fraction of sp³-hybridized carbons (Fsp3) is 0.0455. The molecule has 0 radical (unpaired) electrons. The number of hydrazone groups is 1. The van der Waals surface area contributed by atoms with Gasteiger partial charge in [-0.1, -0.05) is 6.07 Å². The predicted octanol–water partition coefficient (Wildman–Crippen LogP) is 3.08. The molecule has 3 rings (SSSR count). The Labute approximate surface area is 194 Å². The van der Waals surface area contributed by atoms with Gasteiger partial charge in [0.05, 0.1) is 11.1 Å². The van der Waals surface area contributed by atoms with Crippen LogP contribution in [0.5, 0.6) is 5.75 Å². The molecule has 0 aliphatic heterocycles. The lowest BCUT2D eigenvalue weighted by atomic mass is 10.2. The van der Waals surface area contributed by atoms with E-state index >= 15 is 0 Å². The van der Waals surface area contributed by atoms with Crippen LogP contribution in [0.3, 0.4) is 0 Å². The molecule has 3 aromatic carbocycles. The number of hydrogen-bond acceptors (Lipinski definition) is 8. The highest BCUT2D eigenvalue weighted by Crippen LogP contribution is 2.20. The number of amides is 2. The summed E-state index contributed by atoms with van der Waals surface area (Å²) < 4.78 is 30.0. The minimum absolute atomic E-state index is 0.0590. The zero-order valence-corrected chi connectivity index (χ0v) is 18.5. The van der Waals surface area contributed by atoms with Gasteiger partial charge in [0.2, 0.25) is 5.91 Å². The Hall–Kier alpha value is -4.58. The maximum atomic E-state index is 12.4. The van der Waals surface area contributed by atoms with Crippen LogP contribution in [0.25, 0.3) is 0 Å². The van der Waals surface area contributed by atoms with E-state index < -0.39 is 20.9 Å². The van der Waals surface area contributed by atoms with Crippen molar-refractivity contribution in [3.63, 3.8) is 0 Å². The third kappa shape index (κ3) is 6.46. The lowest BCUT2D eigenvalue weighted by molar-refractivity contribution is -0.384. The van der Waals surface area contributed by atoms with Crippen LogP contribution in [0.4, 0.5) is 11.4 Å². The molecule has 34 heavy (non-hydrogen) atoms. The molecule has 0 aliphatic carbocycles. The molecule has 12 heteroatoms. The van der Waals surface area contributed by atoms with Crippen molar-refractivity contribution in [1.82, 2.24) is 5.43 Å². The summed E-state index contributed by atoms with van der Waals surface area (Å²) in [5.74, 6) is -0.849. The minimum Gasteiger partial charge on any atom is -0.379 e. The number of rotatable bonds is 8. The molecular weight excluding hydrogens is 464 g/mol. The summed E-state index contributed by atoms with van der Waals surface area (Å²) in [6.45, 7) is 1.34. The van der Waals surface area contributed by atoms with Crippen molar-refractivity contribution in [2.45, 2.75) is 11.8 Å². The molecule has 11 nitrogen and oxygen atoms in total. The molecule has 0 heterocycles. The van der Waals surface area contributed by atoms with Crippen LogP contribution in [0.2, 0.25) is 0 Å². The fourth-order valence-corrected chi connectivity index (χ4v) is 3.61. The molecule has 3 aromatic rings. The Morgan fingerprint density at radius 1 is 1.03 bits per heavy atom. The third-order valence-corrected chi connectivity index (χ3v) is 5.51. The number of nitro groups is 1. The average Bonchev–Trinajstić information content (AvgIpc) is 2.80. The van der Waals surface area contributed by atoms with E-state index in [-0.39, 0.29) is 27.8 Å². The van der Waals surface area contributed by atoms with Crippen LogP contribution in [0.1, 0.15) is 22.8 Å². The van der Waals surface area contributed by atoms with Crippen LogP contribution in [-0.4, -0.2) is 31.4 Å². The van der Waals surface area contributed by atoms with Gasteiger partial charge in [-0.2, -0.15) is 13.5 Å². The lowest BCUT2D eigenvalue weighted by Gasteiger charge is -2.08. The van der Waals surface area contributed by atoms with Crippen LogP contribution in [-0.2, 0) is 14.9 Å². The topological polar surface area (TPSA) is 157 Å². The van der Waals surface area contributed by atoms with E-state index in [9.17, 15) is 28.1 Å². The first-order valence-corrected chi connectivity index (χ1v) is 11.0. The molecule has 0 atom stereocenters. The smallest absolute Gasteiger partial charge is 0.339 e. The lowest BCUT2D eigenvalue weighted by Crippen LogP contribution is -2.17. The van der Waals surface area contributed by atoms with Crippen molar-refractivity contribution in [3.05, 3.63) is 94.0 Å². The van der Waals surface area contributed by atoms with Gasteiger partial charge in [0.15, 0.2) is 0 Å². The Morgan fingerprint density at radius 3 is 2.32 bits per heavy atom. The second-order valence-corrected chi connectivity index (χ2v) is 8.36. The van der Waals surface area contributed by atoms with Gasteiger partial charge in [0.25, 0.3) is 11.6 Å². The molecule has 0 fully saturated rings. The number of hydrogen-bond donors (Lipinski definition) is 2. The van der Waals surface area contributed by atoms with Gasteiger partial charge in [-0.3, -0.25) is 19.7 Å². The van der Waals surface area contributed by atoms with E-state index in [2.05, 4.69) is 15.8 Å². The quantitative estimate of drug-likeness (QED) is 0.216. The van der Waals surface area contributed by atoms with Gasteiger partial charge in [0, 0.05) is 30.3 Å².